The Balaban J connectivity index is 1.51. The van der Waals surface area contributed by atoms with E-state index in [1.54, 1.807) is 60.7 Å². The number of hydrogen-bond donors (Lipinski definition) is 0. The number of benzene rings is 3. The molecular formula is C24H17ClN2O4S. The number of para-hydroxylation sites is 2. The zero-order chi connectivity index (χ0) is 22.1. The number of fused-ring (bicyclic) bond motifs is 2. The zero-order valence-electron chi connectivity index (χ0n) is 16.8. The van der Waals surface area contributed by atoms with Crippen molar-refractivity contribution in [3.8, 4) is 17.2 Å². The van der Waals surface area contributed by atoms with Gasteiger partial charge in [0.25, 0.3) is 5.56 Å². The van der Waals surface area contributed by atoms with E-state index in [0.29, 0.717) is 57.0 Å². The molecule has 0 bridgehead atoms. The fraction of sp³-hybridized carbons (Fsp3) is 0.125. The SMILES string of the molecule is O=C(CSc1nc2ccccc2c(=O)n1-c1ccccc1Cl)c1ccc2c(c1)OCCO2. The van der Waals surface area contributed by atoms with Gasteiger partial charge in [-0.2, -0.15) is 0 Å². The summed E-state index contributed by atoms with van der Waals surface area (Å²) in [5.74, 6) is 1.17. The van der Waals surface area contributed by atoms with Crippen molar-refractivity contribution >= 4 is 40.0 Å². The second-order valence-electron chi connectivity index (χ2n) is 7.07. The molecule has 0 N–H and O–H groups in total. The van der Waals surface area contributed by atoms with Crippen LogP contribution in [0.5, 0.6) is 11.5 Å². The number of hydrogen-bond acceptors (Lipinski definition) is 6. The molecule has 3 aromatic carbocycles. The molecule has 0 saturated carbocycles. The van der Waals surface area contributed by atoms with Crippen molar-refractivity contribution in [3.63, 3.8) is 0 Å². The van der Waals surface area contributed by atoms with Gasteiger partial charge in [-0.05, 0) is 42.5 Å². The van der Waals surface area contributed by atoms with E-state index in [2.05, 4.69) is 4.98 Å². The number of thioether (sulfide) groups is 1. The van der Waals surface area contributed by atoms with Gasteiger partial charge in [-0.15, -0.1) is 0 Å². The molecule has 0 spiro atoms. The van der Waals surface area contributed by atoms with Crippen LogP contribution in [0.4, 0.5) is 0 Å². The Morgan fingerprint density at radius 1 is 1.00 bits per heavy atom. The monoisotopic (exact) mass is 464 g/mol. The molecule has 4 aromatic rings. The quantitative estimate of drug-likeness (QED) is 0.240. The third-order valence-electron chi connectivity index (χ3n) is 5.03. The molecule has 0 amide bonds. The van der Waals surface area contributed by atoms with Gasteiger partial charge in [0.05, 0.1) is 27.4 Å². The highest BCUT2D eigenvalue weighted by molar-refractivity contribution is 7.99. The molecule has 0 fully saturated rings. The first-order valence-corrected chi connectivity index (χ1v) is 11.3. The molecule has 0 radical (unpaired) electrons. The van der Waals surface area contributed by atoms with Gasteiger partial charge in [0.15, 0.2) is 22.4 Å². The maximum absolute atomic E-state index is 13.3. The molecule has 0 atom stereocenters. The van der Waals surface area contributed by atoms with Crippen LogP contribution in [0, 0.1) is 0 Å². The Morgan fingerprint density at radius 2 is 1.75 bits per heavy atom. The van der Waals surface area contributed by atoms with Crippen molar-refractivity contribution in [3.05, 3.63) is 87.7 Å². The Morgan fingerprint density at radius 3 is 2.59 bits per heavy atom. The van der Waals surface area contributed by atoms with Gasteiger partial charge >= 0.3 is 0 Å². The molecule has 0 aliphatic carbocycles. The number of ketones is 1. The minimum absolute atomic E-state index is 0.0921. The van der Waals surface area contributed by atoms with Crippen molar-refractivity contribution in [2.24, 2.45) is 0 Å². The maximum atomic E-state index is 13.3. The Hall–Kier alpha value is -3.29. The van der Waals surface area contributed by atoms with E-state index in [1.165, 1.54) is 16.3 Å². The molecule has 6 nitrogen and oxygen atoms in total. The topological polar surface area (TPSA) is 70.4 Å². The van der Waals surface area contributed by atoms with Crippen LogP contribution in [0.3, 0.4) is 0 Å². The predicted molar refractivity (Wildman–Crippen MR) is 125 cm³/mol. The summed E-state index contributed by atoms with van der Waals surface area (Å²) in [5.41, 5.74) is 1.36. The maximum Gasteiger partial charge on any atom is 0.266 e. The van der Waals surface area contributed by atoms with E-state index >= 15 is 0 Å². The highest BCUT2D eigenvalue weighted by Gasteiger charge is 2.19. The first-order valence-electron chi connectivity index (χ1n) is 9.94. The minimum atomic E-state index is -0.238. The van der Waals surface area contributed by atoms with E-state index < -0.39 is 0 Å². The molecule has 1 aromatic heterocycles. The van der Waals surface area contributed by atoms with Crippen LogP contribution < -0.4 is 15.0 Å². The van der Waals surface area contributed by atoms with Gasteiger partial charge in [0, 0.05) is 5.56 Å². The summed E-state index contributed by atoms with van der Waals surface area (Å²) in [7, 11) is 0. The summed E-state index contributed by atoms with van der Waals surface area (Å²) in [5, 5.41) is 1.30. The largest absolute Gasteiger partial charge is 0.486 e. The molecule has 0 unspecified atom stereocenters. The molecule has 32 heavy (non-hydrogen) atoms. The number of aromatic nitrogens is 2. The Labute approximate surface area is 192 Å². The molecule has 1 aliphatic heterocycles. The van der Waals surface area contributed by atoms with E-state index in [0.717, 1.165) is 0 Å². The number of carbonyl (C=O) groups excluding carboxylic acids is 1. The lowest BCUT2D eigenvalue weighted by atomic mass is 10.1. The second kappa shape index (κ2) is 8.68. The number of carbonyl (C=O) groups is 1. The van der Waals surface area contributed by atoms with Gasteiger partial charge in [-0.1, -0.05) is 47.6 Å². The molecule has 0 saturated heterocycles. The van der Waals surface area contributed by atoms with Crippen LogP contribution in [-0.2, 0) is 0 Å². The van der Waals surface area contributed by atoms with Crippen LogP contribution in [0.2, 0.25) is 5.02 Å². The minimum Gasteiger partial charge on any atom is -0.486 e. The van der Waals surface area contributed by atoms with Crippen LogP contribution in [0.25, 0.3) is 16.6 Å². The number of nitrogens with zero attached hydrogens (tertiary/aromatic N) is 2. The third kappa shape index (κ3) is 3.85. The Bertz CT molecular complexity index is 1400. The first-order chi connectivity index (χ1) is 15.6. The lowest BCUT2D eigenvalue weighted by molar-refractivity contribution is 0.102. The van der Waals surface area contributed by atoms with Crippen LogP contribution in [-0.4, -0.2) is 34.3 Å². The summed E-state index contributed by atoms with van der Waals surface area (Å²) in [6.07, 6.45) is 0. The van der Waals surface area contributed by atoms with Crippen molar-refractivity contribution < 1.29 is 14.3 Å². The summed E-state index contributed by atoms with van der Waals surface area (Å²) in [6.45, 7) is 0.938. The number of ether oxygens (including phenoxy) is 2. The summed E-state index contributed by atoms with van der Waals surface area (Å²) < 4.78 is 12.6. The van der Waals surface area contributed by atoms with E-state index in [1.807, 2.05) is 6.07 Å². The van der Waals surface area contributed by atoms with Gasteiger partial charge in [-0.25, -0.2) is 4.98 Å². The second-order valence-corrected chi connectivity index (χ2v) is 8.42. The van der Waals surface area contributed by atoms with Crippen molar-refractivity contribution in [2.45, 2.75) is 5.16 Å². The average Bonchev–Trinajstić information content (AvgIpc) is 2.83. The van der Waals surface area contributed by atoms with Gasteiger partial charge in [-0.3, -0.25) is 14.2 Å². The van der Waals surface area contributed by atoms with Gasteiger partial charge in [0.1, 0.15) is 13.2 Å². The fourth-order valence-corrected chi connectivity index (χ4v) is 4.61. The van der Waals surface area contributed by atoms with Crippen molar-refractivity contribution in [1.82, 2.24) is 9.55 Å². The van der Waals surface area contributed by atoms with Crippen LogP contribution >= 0.6 is 23.4 Å². The molecule has 8 heteroatoms. The number of rotatable bonds is 5. The lowest BCUT2D eigenvalue weighted by Gasteiger charge is -2.18. The molecule has 5 rings (SSSR count). The van der Waals surface area contributed by atoms with E-state index in [-0.39, 0.29) is 17.1 Å². The number of Topliss-reactive ketones (excluding diaryl/α,β-unsaturated/α-hetero) is 1. The Kier molecular flexibility index (Phi) is 5.59. The predicted octanol–water partition coefficient (Wildman–Crippen LogP) is 4.79. The van der Waals surface area contributed by atoms with Gasteiger partial charge < -0.3 is 9.47 Å². The van der Waals surface area contributed by atoms with Crippen molar-refractivity contribution in [1.29, 1.82) is 0 Å². The highest BCUT2D eigenvalue weighted by Crippen LogP contribution is 2.32. The average molecular weight is 465 g/mol. The zero-order valence-corrected chi connectivity index (χ0v) is 18.4. The summed E-state index contributed by atoms with van der Waals surface area (Å²) in [6, 6.07) is 19.3. The highest BCUT2D eigenvalue weighted by atomic mass is 35.5. The molecule has 1 aliphatic rings. The summed E-state index contributed by atoms with van der Waals surface area (Å²) >= 11 is 7.58. The van der Waals surface area contributed by atoms with Crippen LogP contribution in [0.1, 0.15) is 10.4 Å². The standard InChI is InChI=1S/C24H17ClN2O4S/c25-17-6-2-4-8-19(17)27-23(29)16-5-1-3-7-18(16)26-24(27)32-14-20(28)15-9-10-21-22(13-15)31-12-11-30-21/h1-10,13H,11-12,14H2. The van der Waals surface area contributed by atoms with Gasteiger partial charge in [0.2, 0.25) is 0 Å². The number of halogens is 1. The normalized spacial score (nSPS) is 12.7. The molecular weight excluding hydrogens is 448 g/mol. The fourth-order valence-electron chi connectivity index (χ4n) is 3.48. The van der Waals surface area contributed by atoms with Crippen molar-refractivity contribution in [2.75, 3.05) is 19.0 Å². The smallest absolute Gasteiger partial charge is 0.266 e. The van der Waals surface area contributed by atoms with E-state index in [9.17, 15) is 9.59 Å². The van der Waals surface area contributed by atoms with E-state index in [4.69, 9.17) is 21.1 Å². The lowest BCUT2D eigenvalue weighted by Crippen LogP contribution is -2.22. The third-order valence-corrected chi connectivity index (χ3v) is 6.29. The summed E-state index contributed by atoms with van der Waals surface area (Å²) in [4.78, 5) is 30.9. The molecule has 160 valence electrons. The van der Waals surface area contributed by atoms with Crippen LogP contribution in [0.15, 0.2) is 76.7 Å². The molecule has 2 heterocycles. The first kappa shape index (κ1) is 20.6.